The molecule has 0 aliphatic rings. The summed E-state index contributed by atoms with van der Waals surface area (Å²) in [6, 6.07) is 11.4. The average molecular weight is 528 g/mol. The van der Waals surface area contributed by atoms with Crippen molar-refractivity contribution in [1.82, 2.24) is 0 Å². The number of carbonyl (C=O) groups is 2. The Hall–Kier alpha value is -3.82. The van der Waals surface area contributed by atoms with Gasteiger partial charge in [-0.3, -0.25) is 9.59 Å². The molecule has 2 aromatic carbocycles. The van der Waals surface area contributed by atoms with Crippen molar-refractivity contribution in [2.75, 3.05) is 18.5 Å². The second kappa shape index (κ2) is 10.8. The Morgan fingerprint density at radius 2 is 1.89 bits per heavy atom. The predicted molar refractivity (Wildman–Crippen MR) is 138 cm³/mol. The number of para-hydroxylation sites is 1. The molecule has 186 valence electrons. The third-order valence-corrected chi connectivity index (χ3v) is 6.69. The number of hydrogen-bond acceptors (Lipinski definition) is 8. The maximum atomic E-state index is 12.8. The molecule has 4 rings (SSSR count). The molecule has 10 heteroatoms. The van der Waals surface area contributed by atoms with E-state index in [0.717, 1.165) is 10.4 Å². The highest BCUT2D eigenvalue weighted by molar-refractivity contribution is 7.16. The number of thiophene rings is 1. The number of fused-ring (bicyclic) bond motifs is 1. The van der Waals surface area contributed by atoms with E-state index in [2.05, 4.69) is 5.32 Å². The van der Waals surface area contributed by atoms with Crippen LogP contribution in [-0.2, 0) is 9.53 Å². The zero-order valence-electron chi connectivity index (χ0n) is 19.7. The van der Waals surface area contributed by atoms with Crippen LogP contribution in [-0.4, -0.2) is 25.1 Å². The molecule has 8 nitrogen and oxygen atoms in total. The van der Waals surface area contributed by atoms with Gasteiger partial charge in [-0.2, -0.15) is 0 Å². The van der Waals surface area contributed by atoms with Gasteiger partial charge in [0, 0.05) is 10.9 Å². The molecule has 0 aliphatic heterocycles. The quantitative estimate of drug-likeness (QED) is 0.275. The number of esters is 1. The summed E-state index contributed by atoms with van der Waals surface area (Å²) >= 11 is 7.39. The number of ether oxygens (including phenoxy) is 3. The summed E-state index contributed by atoms with van der Waals surface area (Å²) < 4.78 is 21.9. The van der Waals surface area contributed by atoms with Crippen molar-refractivity contribution in [2.45, 2.75) is 20.8 Å². The summed E-state index contributed by atoms with van der Waals surface area (Å²) in [5.74, 6) is -0.295. The lowest BCUT2D eigenvalue weighted by Gasteiger charge is -2.10. The maximum Gasteiger partial charge on any atom is 0.341 e. The SMILES string of the molecule is CCOC(=O)c1c(NC(=O)COc2ccc3c(=O)c(Oc4ccccc4Cl)coc3c2)sc(C)c1C. The number of carbonyl (C=O) groups excluding carboxylic acids is 2. The van der Waals surface area contributed by atoms with Crippen LogP contribution in [0.2, 0.25) is 5.02 Å². The first-order valence-electron chi connectivity index (χ1n) is 11.0. The number of hydrogen-bond donors (Lipinski definition) is 1. The molecule has 36 heavy (non-hydrogen) atoms. The minimum absolute atomic E-state index is 0.0115. The second-order valence-electron chi connectivity index (χ2n) is 7.66. The smallest absolute Gasteiger partial charge is 0.341 e. The number of anilines is 1. The molecule has 2 aromatic heterocycles. The largest absolute Gasteiger partial charge is 0.484 e. The Bertz CT molecular complexity index is 1510. The third kappa shape index (κ3) is 5.37. The molecule has 1 N–H and O–H groups in total. The van der Waals surface area contributed by atoms with E-state index >= 15 is 0 Å². The number of benzene rings is 2. The van der Waals surface area contributed by atoms with Gasteiger partial charge in [-0.15, -0.1) is 11.3 Å². The van der Waals surface area contributed by atoms with Crippen molar-refractivity contribution in [1.29, 1.82) is 0 Å². The van der Waals surface area contributed by atoms with Crippen molar-refractivity contribution in [3.63, 3.8) is 0 Å². The normalized spacial score (nSPS) is 10.8. The Morgan fingerprint density at radius 3 is 2.64 bits per heavy atom. The minimum Gasteiger partial charge on any atom is -0.484 e. The molecule has 0 spiro atoms. The molecule has 0 radical (unpaired) electrons. The number of rotatable bonds is 8. The van der Waals surface area contributed by atoms with Crippen LogP contribution in [0.25, 0.3) is 11.0 Å². The molecule has 0 saturated heterocycles. The van der Waals surface area contributed by atoms with E-state index in [4.69, 9.17) is 30.2 Å². The van der Waals surface area contributed by atoms with Crippen molar-refractivity contribution < 1.29 is 28.2 Å². The highest BCUT2D eigenvalue weighted by Crippen LogP contribution is 2.33. The maximum absolute atomic E-state index is 12.8. The standard InChI is InChI=1S/C26H22ClNO7S/c1-4-32-26(31)23-14(2)15(3)36-25(23)28-22(29)13-33-16-9-10-17-20(11-16)34-12-21(24(17)30)35-19-8-6-5-7-18(19)27/h5-12H,4,13H2,1-3H3,(H,28,29). The minimum atomic E-state index is -0.488. The molecular weight excluding hydrogens is 506 g/mol. The zero-order chi connectivity index (χ0) is 25.8. The first-order valence-corrected chi connectivity index (χ1v) is 12.2. The molecule has 2 heterocycles. The van der Waals surface area contributed by atoms with Gasteiger partial charge in [0.2, 0.25) is 11.2 Å². The molecule has 0 aliphatic carbocycles. The molecular formula is C26H22ClNO7S. The number of amides is 1. The first kappa shape index (κ1) is 25.3. The lowest BCUT2D eigenvalue weighted by Crippen LogP contribution is -2.21. The molecule has 0 atom stereocenters. The predicted octanol–water partition coefficient (Wildman–Crippen LogP) is 6.11. The van der Waals surface area contributed by atoms with Gasteiger partial charge >= 0.3 is 5.97 Å². The first-order chi connectivity index (χ1) is 17.3. The Kier molecular flexibility index (Phi) is 7.61. The van der Waals surface area contributed by atoms with E-state index in [1.807, 2.05) is 6.92 Å². The van der Waals surface area contributed by atoms with Crippen LogP contribution in [0.3, 0.4) is 0 Å². The van der Waals surface area contributed by atoms with E-state index in [-0.39, 0.29) is 35.4 Å². The highest BCUT2D eigenvalue weighted by Gasteiger charge is 2.22. The average Bonchev–Trinajstić information content (AvgIpc) is 3.13. The molecule has 0 unspecified atom stereocenters. The summed E-state index contributed by atoms with van der Waals surface area (Å²) in [6.45, 7) is 5.30. The molecule has 0 saturated carbocycles. The number of halogens is 1. The Morgan fingerprint density at radius 1 is 1.11 bits per heavy atom. The fraction of sp³-hybridized carbons (Fsp3) is 0.192. The second-order valence-corrected chi connectivity index (χ2v) is 9.30. The van der Waals surface area contributed by atoms with Gasteiger partial charge in [-0.05, 0) is 50.6 Å². The zero-order valence-corrected chi connectivity index (χ0v) is 21.2. The van der Waals surface area contributed by atoms with Crippen LogP contribution in [0.1, 0.15) is 27.7 Å². The summed E-state index contributed by atoms with van der Waals surface area (Å²) in [5.41, 5.74) is 0.987. The van der Waals surface area contributed by atoms with E-state index in [1.54, 1.807) is 44.2 Å². The van der Waals surface area contributed by atoms with Crippen molar-refractivity contribution >= 4 is 50.8 Å². The molecule has 0 fully saturated rings. The molecule has 4 aromatic rings. The fourth-order valence-electron chi connectivity index (χ4n) is 3.37. The lowest BCUT2D eigenvalue weighted by molar-refractivity contribution is -0.118. The van der Waals surface area contributed by atoms with Crippen molar-refractivity contribution in [3.8, 4) is 17.2 Å². The molecule has 1 amide bonds. The van der Waals surface area contributed by atoms with Crippen molar-refractivity contribution in [2.24, 2.45) is 0 Å². The van der Waals surface area contributed by atoms with Crippen LogP contribution in [0.5, 0.6) is 17.2 Å². The van der Waals surface area contributed by atoms with Crippen LogP contribution >= 0.6 is 22.9 Å². The summed E-state index contributed by atoms with van der Waals surface area (Å²) in [5, 5.41) is 3.77. The molecule has 0 bridgehead atoms. The van der Waals surface area contributed by atoms with Gasteiger partial charge in [-0.25, -0.2) is 4.79 Å². The number of nitrogens with one attached hydrogen (secondary N) is 1. The van der Waals surface area contributed by atoms with Crippen molar-refractivity contribution in [3.05, 3.63) is 80.0 Å². The van der Waals surface area contributed by atoms with Gasteiger partial charge in [0.05, 0.1) is 22.6 Å². The van der Waals surface area contributed by atoms with E-state index < -0.39 is 11.9 Å². The Labute approximate surface area is 215 Å². The summed E-state index contributed by atoms with van der Waals surface area (Å²) in [4.78, 5) is 38.5. The van der Waals surface area contributed by atoms with Crippen LogP contribution in [0.15, 0.2) is 57.9 Å². The lowest BCUT2D eigenvalue weighted by atomic mass is 10.1. The van der Waals surface area contributed by atoms with Crippen LogP contribution in [0.4, 0.5) is 5.00 Å². The third-order valence-electron chi connectivity index (χ3n) is 5.26. The van der Waals surface area contributed by atoms with Crippen LogP contribution in [0, 0.1) is 13.8 Å². The summed E-state index contributed by atoms with van der Waals surface area (Å²) in [6.07, 6.45) is 1.20. The topological polar surface area (TPSA) is 104 Å². The van der Waals surface area contributed by atoms with Gasteiger partial charge in [0.1, 0.15) is 28.3 Å². The Balaban J connectivity index is 1.46. The van der Waals surface area contributed by atoms with Gasteiger partial charge in [0.25, 0.3) is 5.91 Å². The van der Waals surface area contributed by atoms with Gasteiger partial charge in [0.15, 0.2) is 6.61 Å². The van der Waals surface area contributed by atoms with Gasteiger partial charge < -0.3 is 23.9 Å². The van der Waals surface area contributed by atoms with Gasteiger partial charge in [-0.1, -0.05) is 23.7 Å². The van der Waals surface area contributed by atoms with E-state index in [1.165, 1.54) is 29.7 Å². The van der Waals surface area contributed by atoms with E-state index in [0.29, 0.717) is 27.1 Å². The number of aryl methyl sites for hydroxylation is 1. The fourth-order valence-corrected chi connectivity index (χ4v) is 4.61. The van der Waals surface area contributed by atoms with E-state index in [9.17, 15) is 14.4 Å². The summed E-state index contributed by atoms with van der Waals surface area (Å²) in [7, 11) is 0. The van der Waals surface area contributed by atoms with Crippen LogP contribution < -0.4 is 20.2 Å². The highest BCUT2D eigenvalue weighted by atomic mass is 35.5. The monoisotopic (exact) mass is 527 g/mol.